The standard InChI is InChI=1S/C11H24O2/c1-9(2)7-11(8-10(3)4)13-6-5-12/h9-12H,5-8H2,1-4H3. The molecule has 0 aliphatic heterocycles. The van der Waals surface area contributed by atoms with Gasteiger partial charge in [-0.3, -0.25) is 0 Å². The van der Waals surface area contributed by atoms with Crippen LogP contribution < -0.4 is 0 Å². The molecule has 0 radical (unpaired) electrons. The van der Waals surface area contributed by atoms with Crippen molar-refractivity contribution in [2.75, 3.05) is 13.2 Å². The first-order valence-electron chi connectivity index (χ1n) is 5.28. The van der Waals surface area contributed by atoms with Gasteiger partial charge in [0.2, 0.25) is 0 Å². The van der Waals surface area contributed by atoms with Gasteiger partial charge in [0.25, 0.3) is 0 Å². The zero-order valence-corrected chi connectivity index (χ0v) is 9.42. The summed E-state index contributed by atoms with van der Waals surface area (Å²) in [6, 6.07) is 0. The van der Waals surface area contributed by atoms with Crippen LogP contribution in [0.25, 0.3) is 0 Å². The maximum atomic E-state index is 8.66. The minimum Gasteiger partial charge on any atom is -0.394 e. The van der Waals surface area contributed by atoms with Gasteiger partial charge in [-0.25, -0.2) is 0 Å². The topological polar surface area (TPSA) is 29.5 Å². The van der Waals surface area contributed by atoms with Crippen LogP contribution in [-0.2, 0) is 4.74 Å². The Bertz CT molecular complexity index is 101. The maximum Gasteiger partial charge on any atom is 0.0701 e. The van der Waals surface area contributed by atoms with Gasteiger partial charge in [-0.1, -0.05) is 27.7 Å². The highest BCUT2D eigenvalue weighted by molar-refractivity contribution is 4.63. The van der Waals surface area contributed by atoms with Gasteiger partial charge in [-0.2, -0.15) is 0 Å². The molecule has 0 unspecified atom stereocenters. The average Bonchev–Trinajstić information content (AvgIpc) is 1.98. The fourth-order valence-corrected chi connectivity index (χ4v) is 1.50. The Morgan fingerprint density at radius 1 is 1.00 bits per heavy atom. The van der Waals surface area contributed by atoms with E-state index in [0.29, 0.717) is 24.5 Å². The van der Waals surface area contributed by atoms with Crippen molar-refractivity contribution in [1.82, 2.24) is 0 Å². The first-order chi connectivity index (χ1) is 6.06. The molecule has 0 aromatic heterocycles. The third-order valence-corrected chi connectivity index (χ3v) is 1.91. The van der Waals surface area contributed by atoms with Crippen LogP contribution in [0.4, 0.5) is 0 Å². The summed E-state index contributed by atoms with van der Waals surface area (Å²) < 4.78 is 5.56. The molecule has 0 heterocycles. The summed E-state index contributed by atoms with van der Waals surface area (Å²) >= 11 is 0. The molecular weight excluding hydrogens is 164 g/mol. The molecule has 0 atom stereocenters. The van der Waals surface area contributed by atoms with Crippen molar-refractivity contribution in [3.8, 4) is 0 Å². The van der Waals surface area contributed by atoms with Crippen LogP contribution in [-0.4, -0.2) is 24.4 Å². The van der Waals surface area contributed by atoms with Gasteiger partial charge >= 0.3 is 0 Å². The van der Waals surface area contributed by atoms with Crippen molar-refractivity contribution in [3.05, 3.63) is 0 Å². The van der Waals surface area contributed by atoms with Crippen molar-refractivity contribution in [3.63, 3.8) is 0 Å². The molecular formula is C11H24O2. The van der Waals surface area contributed by atoms with E-state index in [2.05, 4.69) is 27.7 Å². The Labute approximate surface area is 82.3 Å². The number of ether oxygens (including phenoxy) is 1. The van der Waals surface area contributed by atoms with Crippen molar-refractivity contribution in [2.45, 2.75) is 46.6 Å². The molecule has 0 bridgehead atoms. The summed E-state index contributed by atoms with van der Waals surface area (Å²) in [5, 5.41) is 8.66. The monoisotopic (exact) mass is 188 g/mol. The summed E-state index contributed by atoms with van der Waals surface area (Å²) in [5.74, 6) is 1.34. The second kappa shape index (κ2) is 7.34. The van der Waals surface area contributed by atoms with Gasteiger partial charge in [-0.05, 0) is 24.7 Å². The molecule has 0 aromatic carbocycles. The van der Waals surface area contributed by atoms with Gasteiger partial charge in [0.15, 0.2) is 0 Å². The first kappa shape index (κ1) is 12.9. The number of hydrogen-bond acceptors (Lipinski definition) is 2. The van der Waals surface area contributed by atoms with Gasteiger partial charge in [0.05, 0.1) is 19.3 Å². The normalized spacial score (nSPS) is 12.0. The molecule has 0 saturated carbocycles. The van der Waals surface area contributed by atoms with E-state index in [9.17, 15) is 0 Å². The van der Waals surface area contributed by atoms with E-state index in [1.165, 1.54) is 0 Å². The van der Waals surface area contributed by atoms with Crippen LogP contribution in [0.15, 0.2) is 0 Å². The van der Waals surface area contributed by atoms with Gasteiger partial charge in [0.1, 0.15) is 0 Å². The average molecular weight is 188 g/mol. The molecule has 0 aromatic rings. The molecule has 0 rings (SSSR count). The predicted octanol–water partition coefficient (Wildman–Crippen LogP) is 2.46. The lowest BCUT2D eigenvalue weighted by Crippen LogP contribution is -2.19. The van der Waals surface area contributed by atoms with Gasteiger partial charge in [0, 0.05) is 0 Å². The van der Waals surface area contributed by atoms with Crippen LogP contribution in [0.5, 0.6) is 0 Å². The molecule has 0 aliphatic rings. The highest BCUT2D eigenvalue weighted by atomic mass is 16.5. The molecule has 0 spiro atoms. The zero-order chi connectivity index (χ0) is 10.3. The molecule has 13 heavy (non-hydrogen) atoms. The highest BCUT2D eigenvalue weighted by Crippen LogP contribution is 2.16. The van der Waals surface area contributed by atoms with Crippen LogP contribution in [0.1, 0.15) is 40.5 Å². The SMILES string of the molecule is CC(C)CC(CC(C)C)OCCO. The second-order valence-electron chi connectivity index (χ2n) is 4.48. The van der Waals surface area contributed by atoms with E-state index in [0.717, 1.165) is 12.8 Å². The predicted molar refractivity (Wildman–Crippen MR) is 55.7 cm³/mol. The van der Waals surface area contributed by atoms with E-state index >= 15 is 0 Å². The molecule has 2 heteroatoms. The zero-order valence-electron chi connectivity index (χ0n) is 9.42. The molecule has 80 valence electrons. The summed E-state index contributed by atoms with van der Waals surface area (Å²) in [6.45, 7) is 9.42. The van der Waals surface area contributed by atoms with E-state index in [1.807, 2.05) is 0 Å². The Morgan fingerprint density at radius 2 is 1.46 bits per heavy atom. The van der Waals surface area contributed by atoms with Crippen molar-refractivity contribution in [2.24, 2.45) is 11.8 Å². The fourth-order valence-electron chi connectivity index (χ4n) is 1.50. The molecule has 2 nitrogen and oxygen atoms in total. The fraction of sp³-hybridized carbons (Fsp3) is 1.00. The number of aliphatic hydroxyl groups is 1. The quantitative estimate of drug-likeness (QED) is 0.665. The van der Waals surface area contributed by atoms with Crippen molar-refractivity contribution in [1.29, 1.82) is 0 Å². The summed E-state index contributed by atoms with van der Waals surface area (Å²) in [6.07, 6.45) is 2.52. The third kappa shape index (κ3) is 8.26. The molecule has 0 amide bonds. The molecule has 0 saturated heterocycles. The minimum absolute atomic E-state index is 0.132. The Hall–Kier alpha value is -0.0800. The van der Waals surface area contributed by atoms with Crippen molar-refractivity contribution < 1.29 is 9.84 Å². The maximum absolute atomic E-state index is 8.66. The lowest BCUT2D eigenvalue weighted by molar-refractivity contribution is 0.00648. The van der Waals surface area contributed by atoms with Crippen LogP contribution in [0, 0.1) is 11.8 Å². The Morgan fingerprint density at radius 3 is 1.77 bits per heavy atom. The largest absolute Gasteiger partial charge is 0.394 e. The number of hydrogen-bond donors (Lipinski definition) is 1. The summed E-state index contributed by atoms with van der Waals surface area (Å²) in [4.78, 5) is 0. The minimum atomic E-state index is 0.132. The van der Waals surface area contributed by atoms with Crippen molar-refractivity contribution >= 4 is 0 Å². The Kier molecular flexibility index (Phi) is 7.29. The van der Waals surface area contributed by atoms with Crippen LogP contribution >= 0.6 is 0 Å². The van der Waals surface area contributed by atoms with Gasteiger partial charge in [-0.15, -0.1) is 0 Å². The molecule has 1 N–H and O–H groups in total. The lowest BCUT2D eigenvalue weighted by atomic mass is 9.98. The summed E-state index contributed by atoms with van der Waals surface area (Å²) in [5.41, 5.74) is 0. The van der Waals surface area contributed by atoms with E-state index < -0.39 is 0 Å². The molecule has 0 aliphatic carbocycles. The van der Waals surface area contributed by atoms with Crippen LogP contribution in [0.3, 0.4) is 0 Å². The summed E-state index contributed by atoms with van der Waals surface area (Å²) in [7, 11) is 0. The first-order valence-corrected chi connectivity index (χ1v) is 5.28. The lowest BCUT2D eigenvalue weighted by Gasteiger charge is -2.21. The van der Waals surface area contributed by atoms with Gasteiger partial charge < -0.3 is 9.84 Å². The number of rotatable bonds is 7. The molecule has 0 fully saturated rings. The second-order valence-corrected chi connectivity index (χ2v) is 4.48. The highest BCUT2D eigenvalue weighted by Gasteiger charge is 2.12. The van der Waals surface area contributed by atoms with E-state index in [-0.39, 0.29) is 6.61 Å². The number of aliphatic hydroxyl groups excluding tert-OH is 1. The Balaban J connectivity index is 3.73. The smallest absolute Gasteiger partial charge is 0.0701 e. The van der Waals surface area contributed by atoms with Crippen LogP contribution in [0.2, 0.25) is 0 Å². The third-order valence-electron chi connectivity index (χ3n) is 1.91. The van der Waals surface area contributed by atoms with E-state index in [4.69, 9.17) is 9.84 Å². The van der Waals surface area contributed by atoms with E-state index in [1.54, 1.807) is 0 Å².